The number of rotatable bonds is 4. The number of nitrogens with one attached hydrogen (secondary N) is 1. The lowest BCUT2D eigenvalue weighted by atomic mass is 9.72. The number of hydrogen-bond acceptors (Lipinski definition) is 3. The second-order valence-corrected chi connectivity index (χ2v) is 5.73. The van der Waals surface area contributed by atoms with E-state index < -0.39 is 5.41 Å². The van der Waals surface area contributed by atoms with E-state index >= 15 is 0 Å². The van der Waals surface area contributed by atoms with Crippen LogP contribution in [0.3, 0.4) is 0 Å². The van der Waals surface area contributed by atoms with Gasteiger partial charge in [-0.25, -0.2) is 0 Å². The molecule has 114 valence electrons. The number of carbonyl (C=O) groups is 1. The van der Waals surface area contributed by atoms with Gasteiger partial charge in [0.2, 0.25) is 5.91 Å². The van der Waals surface area contributed by atoms with Gasteiger partial charge in [-0.2, -0.15) is 0 Å². The lowest BCUT2D eigenvalue weighted by Gasteiger charge is -2.35. The SMILES string of the molecule is CC(NC(=O)C1(C(N)=NO)CCCCC1)c1ccccc1. The normalized spacial score (nSPS) is 19.8. The monoisotopic (exact) mass is 289 g/mol. The minimum atomic E-state index is -0.865. The van der Waals surface area contributed by atoms with Crippen LogP contribution in [0.25, 0.3) is 0 Å². The van der Waals surface area contributed by atoms with Gasteiger partial charge in [-0.3, -0.25) is 4.79 Å². The summed E-state index contributed by atoms with van der Waals surface area (Å²) in [6.45, 7) is 1.94. The Bertz CT molecular complexity index is 508. The molecule has 5 nitrogen and oxygen atoms in total. The molecule has 0 heterocycles. The van der Waals surface area contributed by atoms with E-state index in [9.17, 15) is 4.79 Å². The molecule has 1 atom stereocenters. The van der Waals surface area contributed by atoms with E-state index in [-0.39, 0.29) is 17.8 Å². The van der Waals surface area contributed by atoms with Crippen molar-refractivity contribution in [2.75, 3.05) is 0 Å². The average Bonchev–Trinajstić information content (AvgIpc) is 2.55. The highest BCUT2D eigenvalue weighted by atomic mass is 16.4. The van der Waals surface area contributed by atoms with Gasteiger partial charge < -0.3 is 16.3 Å². The van der Waals surface area contributed by atoms with Crippen LogP contribution in [0.1, 0.15) is 50.6 Å². The van der Waals surface area contributed by atoms with Crippen molar-refractivity contribution < 1.29 is 10.0 Å². The summed E-state index contributed by atoms with van der Waals surface area (Å²) in [4.78, 5) is 12.7. The van der Waals surface area contributed by atoms with Gasteiger partial charge in [-0.1, -0.05) is 54.8 Å². The molecule has 1 aliphatic rings. The minimum absolute atomic E-state index is 0.0277. The van der Waals surface area contributed by atoms with Crippen LogP contribution < -0.4 is 11.1 Å². The van der Waals surface area contributed by atoms with E-state index in [4.69, 9.17) is 10.9 Å². The lowest BCUT2D eigenvalue weighted by molar-refractivity contribution is -0.129. The van der Waals surface area contributed by atoms with E-state index in [1.54, 1.807) is 0 Å². The maximum Gasteiger partial charge on any atom is 0.234 e. The number of hydrogen-bond donors (Lipinski definition) is 3. The van der Waals surface area contributed by atoms with Crippen LogP contribution in [0, 0.1) is 5.41 Å². The van der Waals surface area contributed by atoms with Crippen LogP contribution in [-0.2, 0) is 4.79 Å². The van der Waals surface area contributed by atoms with Crippen molar-refractivity contribution in [3.8, 4) is 0 Å². The summed E-state index contributed by atoms with van der Waals surface area (Å²) in [6.07, 6.45) is 4.20. The van der Waals surface area contributed by atoms with Crippen molar-refractivity contribution in [3.63, 3.8) is 0 Å². The van der Waals surface area contributed by atoms with Gasteiger partial charge in [-0.15, -0.1) is 0 Å². The number of amidine groups is 1. The van der Waals surface area contributed by atoms with Gasteiger partial charge in [0, 0.05) is 0 Å². The molecule has 4 N–H and O–H groups in total. The molecule has 1 aromatic carbocycles. The zero-order valence-corrected chi connectivity index (χ0v) is 12.4. The van der Waals surface area contributed by atoms with Gasteiger partial charge >= 0.3 is 0 Å². The molecule has 1 amide bonds. The molecule has 0 saturated heterocycles. The van der Waals surface area contributed by atoms with E-state index in [1.807, 2.05) is 37.3 Å². The standard InChI is InChI=1S/C16H23N3O2/c1-12(13-8-4-2-5-9-13)18-15(20)16(14(17)19-21)10-6-3-7-11-16/h2,4-5,8-9,12,21H,3,6-7,10-11H2,1H3,(H2,17,19)(H,18,20). The summed E-state index contributed by atoms with van der Waals surface area (Å²) in [6, 6.07) is 9.67. The molecule has 1 aliphatic carbocycles. The molecule has 1 saturated carbocycles. The van der Waals surface area contributed by atoms with Gasteiger partial charge in [-0.05, 0) is 25.3 Å². The Morgan fingerprint density at radius 2 is 1.90 bits per heavy atom. The van der Waals surface area contributed by atoms with Gasteiger partial charge in [0.1, 0.15) is 5.41 Å². The number of benzene rings is 1. The maximum absolute atomic E-state index is 12.7. The minimum Gasteiger partial charge on any atom is -0.409 e. The van der Waals surface area contributed by atoms with E-state index in [0.717, 1.165) is 24.8 Å². The molecule has 0 aromatic heterocycles. The first-order valence-electron chi connectivity index (χ1n) is 7.44. The number of nitrogens with two attached hydrogens (primary N) is 1. The third-order valence-electron chi connectivity index (χ3n) is 4.39. The molecule has 0 bridgehead atoms. The Kier molecular flexibility index (Phi) is 4.83. The Morgan fingerprint density at radius 1 is 1.29 bits per heavy atom. The number of oxime groups is 1. The molecule has 0 spiro atoms. The predicted molar refractivity (Wildman–Crippen MR) is 81.9 cm³/mol. The van der Waals surface area contributed by atoms with Gasteiger partial charge in [0.25, 0.3) is 0 Å². The largest absolute Gasteiger partial charge is 0.409 e. The quantitative estimate of drug-likeness (QED) is 0.344. The Hall–Kier alpha value is -2.04. The molecule has 5 heteroatoms. The first kappa shape index (κ1) is 15.4. The summed E-state index contributed by atoms with van der Waals surface area (Å²) in [7, 11) is 0. The van der Waals surface area contributed by atoms with Crippen molar-refractivity contribution in [3.05, 3.63) is 35.9 Å². The fourth-order valence-electron chi connectivity index (χ4n) is 3.01. The summed E-state index contributed by atoms with van der Waals surface area (Å²) in [5, 5.41) is 15.2. The first-order chi connectivity index (χ1) is 10.1. The Morgan fingerprint density at radius 3 is 2.48 bits per heavy atom. The second kappa shape index (κ2) is 6.61. The second-order valence-electron chi connectivity index (χ2n) is 5.73. The summed E-state index contributed by atoms with van der Waals surface area (Å²) < 4.78 is 0. The highest BCUT2D eigenvalue weighted by molar-refractivity contribution is 6.06. The van der Waals surface area contributed by atoms with Crippen molar-refractivity contribution in [2.45, 2.75) is 45.1 Å². The van der Waals surface area contributed by atoms with Crippen LogP contribution >= 0.6 is 0 Å². The first-order valence-corrected chi connectivity index (χ1v) is 7.44. The molecule has 0 aliphatic heterocycles. The summed E-state index contributed by atoms with van der Waals surface area (Å²) >= 11 is 0. The fraction of sp³-hybridized carbons (Fsp3) is 0.500. The summed E-state index contributed by atoms with van der Waals surface area (Å²) in [5.74, 6) is -0.117. The highest BCUT2D eigenvalue weighted by Gasteiger charge is 2.44. The molecule has 1 fully saturated rings. The Labute approximate surface area is 125 Å². The molecule has 1 unspecified atom stereocenters. The highest BCUT2D eigenvalue weighted by Crippen LogP contribution is 2.37. The third kappa shape index (κ3) is 3.17. The smallest absolute Gasteiger partial charge is 0.234 e. The molecule has 0 radical (unpaired) electrons. The van der Waals surface area contributed by atoms with Crippen LogP contribution in [-0.4, -0.2) is 17.0 Å². The Balaban J connectivity index is 2.16. The zero-order valence-electron chi connectivity index (χ0n) is 12.4. The van der Waals surface area contributed by atoms with Crippen LogP contribution in [0.2, 0.25) is 0 Å². The van der Waals surface area contributed by atoms with Crippen LogP contribution in [0.15, 0.2) is 35.5 Å². The molecular formula is C16H23N3O2. The van der Waals surface area contributed by atoms with Crippen molar-refractivity contribution >= 4 is 11.7 Å². The molecule has 2 rings (SSSR count). The van der Waals surface area contributed by atoms with Crippen molar-refractivity contribution in [2.24, 2.45) is 16.3 Å². The maximum atomic E-state index is 12.7. The van der Waals surface area contributed by atoms with Gasteiger partial charge in [0.05, 0.1) is 6.04 Å². The van der Waals surface area contributed by atoms with Crippen LogP contribution in [0.4, 0.5) is 0 Å². The van der Waals surface area contributed by atoms with Gasteiger partial charge in [0.15, 0.2) is 5.84 Å². The van der Waals surface area contributed by atoms with Crippen LogP contribution in [0.5, 0.6) is 0 Å². The molecule has 1 aromatic rings. The number of nitrogens with zero attached hydrogens (tertiary/aromatic N) is 1. The summed E-state index contributed by atoms with van der Waals surface area (Å²) in [5.41, 5.74) is 6.01. The van der Waals surface area contributed by atoms with Crippen molar-refractivity contribution in [1.82, 2.24) is 5.32 Å². The third-order valence-corrected chi connectivity index (χ3v) is 4.39. The zero-order chi connectivity index (χ0) is 15.3. The van der Waals surface area contributed by atoms with E-state index in [0.29, 0.717) is 12.8 Å². The molecular weight excluding hydrogens is 266 g/mol. The lowest BCUT2D eigenvalue weighted by Crippen LogP contribution is -2.51. The predicted octanol–water partition coefficient (Wildman–Crippen LogP) is 2.56. The topological polar surface area (TPSA) is 87.7 Å². The van der Waals surface area contributed by atoms with E-state index in [1.165, 1.54) is 0 Å². The number of amides is 1. The fourth-order valence-corrected chi connectivity index (χ4v) is 3.01. The van der Waals surface area contributed by atoms with E-state index in [2.05, 4.69) is 10.5 Å². The molecule has 21 heavy (non-hydrogen) atoms. The average molecular weight is 289 g/mol. The number of carbonyl (C=O) groups excluding carboxylic acids is 1. The van der Waals surface area contributed by atoms with Crippen molar-refractivity contribution in [1.29, 1.82) is 0 Å².